The number of para-hydroxylation sites is 2. The van der Waals surface area contributed by atoms with Crippen LogP contribution >= 0.6 is 0 Å². The van der Waals surface area contributed by atoms with Crippen LogP contribution in [-0.2, 0) is 0 Å². The van der Waals surface area contributed by atoms with Gasteiger partial charge in [-0.1, -0.05) is 72.8 Å². The van der Waals surface area contributed by atoms with Crippen molar-refractivity contribution in [2.45, 2.75) is 27.7 Å². The van der Waals surface area contributed by atoms with E-state index in [4.69, 9.17) is 0 Å². The second-order valence-electron chi connectivity index (χ2n) is 7.89. The van der Waals surface area contributed by atoms with E-state index >= 15 is 0 Å². The molecule has 0 saturated heterocycles. The molecule has 0 aliphatic carbocycles. The van der Waals surface area contributed by atoms with Crippen LogP contribution in [0.3, 0.4) is 0 Å². The summed E-state index contributed by atoms with van der Waals surface area (Å²) in [6.45, 7) is 8.34. The standard InChI is InChI=1S/C26H21N.C4H8/c1-18-12-13-20(16-19(18)2)21-14-15-26-24(17-21)23-10-6-7-11-25(23)27(26)22-8-4-3-5-9-22;1-3-4-2/h3-17H,1-2H3;3-4H,1-2H3/b;4-3-. The van der Waals surface area contributed by atoms with Crippen LogP contribution in [0.2, 0.25) is 0 Å². The van der Waals surface area contributed by atoms with E-state index in [2.05, 4.69) is 109 Å². The van der Waals surface area contributed by atoms with E-state index < -0.39 is 0 Å². The monoisotopic (exact) mass is 403 g/mol. The SMILES string of the molecule is C/C=C\C.Cc1ccc(-c2ccc3c(c2)c2ccccc2n3-c2ccccc2)cc1C. The minimum Gasteiger partial charge on any atom is -0.309 e. The van der Waals surface area contributed by atoms with Gasteiger partial charge in [0.15, 0.2) is 0 Å². The molecule has 0 bridgehead atoms. The highest BCUT2D eigenvalue weighted by Gasteiger charge is 2.12. The third-order valence-corrected chi connectivity index (χ3v) is 5.86. The largest absolute Gasteiger partial charge is 0.309 e. The van der Waals surface area contributed by atoms with Crippen molar-refractivity contribution in [1.82, 2.24) is 4.57 Å². The molecular weight excluding hydrogens is 374 g/mol. The first-order valence-electron chi connectivity index (χ1n) is 10.9. The Bertz CT molecular complexity index is 1350. The Morgan fingerprint density at radius 1 is 0.548 bits per heavy atom. The maximum Gasteiger partial charge on any atom is 0.0541 e. The molecule has 0 amide bonds. The summed E-state index contributed by atoms with van der Waals surface area (Å²) >= 11 is 0. The summed E-state index contributed by atoms with van der Waals surface area (Å²) in [5.74, 6) is 0. The number of aryl methyl sites for hydroxylation is 2. The summed E-state index contributed by atoms with van der Waals surface area (Å²) in [4.78, 5) is 0. The van der Waals surface area contributed by atoms with E-state index in [1.165, 1.54) is 49.7 Å². The molecule has 154 valence electrons. The molecule has 31 heavy (non-hydrogen) atoms. The smallest absolute Gasteiger partial charge is 0.0541 e. The Labute approximate surface area is 185 Å². The van der Waals surface area contributed by atoms with Crippen LogP contribution in [0.25, 0.3) is 38.6 Å². The summed E-state index contributed by atoms with van der Waals surface area (Å²) < 4.78 is 2.36. The molecule has 0 fully saturated rings. The molecule has 1 aromatic heterocycles. The van der Waals surface area contributed by atoms with E-state index in [0.29, 0.717) is 0 Å². The van der Waals surface area contributed by atoms with Crippen LogP contribution < -0.4 is 0 Å². The number of hydrogen-bond acceptors (Lipinski definition) is 0. The van der Waals surface area contributed by atoms with Crippen molar-refractivity contribution in [2.24, 2.45) is 0 Å². The molecule has 0 unspecified atom stereocenters. The highest BCUT2D eigenvalue weighted by Crippen LogP contribution is 2.35. The third kappa shape index (κ3) is 4.04. The van der Waals surface area contributed by atoms with Crippen molar-refractivity contribution in [3.05, 3.63) is 114 Å². The van der Waals surface area contributed by atoms with Gasteiger partial charge in [0.1, 0.15) is 0 Å². The van der Waals surface area contributed by atoms with Gasteiger partial charge in [-0.05, 0) is 80.3 Å². The average molecular weight is 404 g/mol. The zero-order valence-electron chi connectivity index (χ0n) is 18.8. The van der Waals surface area contributed by atoms with Gasteiger partial charge >= 0.3 is 0 Å². The first-order valence-corrected chi connectivity index (χ1v) is 10.9. The van der Waals surface area contributed by atoms with Crippen LogP contribution in [0.15, 0.2) is 103 Å². The molecule has 0 spiro atoms. The molecular formula is C30H29N. The van der Waals surface area contributed by atoms with E-state index in [0.717, 1.165) is 0 Å². The molecule has 1 nitrogen and oxygen atoms in total. The van der Waals surface area contributed by atoms with Gasteiger partial charge in [0.25, 0.3) is 0 Å². The Kier molecular flexibility index (Phi) is 6.04. The predicted octanol–water partition coefficient (Wildman–Crippen LogP) is 8.65. The number of rotatable bonds is 2. The van der Waals surface area contributed by atoms with Crippen molar-refractivity contribution in [1.29, 1.82) is 0 Å². The van der Waals surface area contributed by atoms with E-state index in [-0.39, 0.29) is 0 Å². The van der Waals surface area contributed by atoms with Crippen LogP contribution in [0.4, 0.5) is 0 Å². The van der Waals surface area contributed by atoms with E-state index in [1.54, 1.807) is 0 Å². The third-order valence-electron chi connectivity index (χ3n) is 5.86. The van der Waals surface area contributed by atoms with Crippen LogP contribution in [0.1, 0.15) is 25.0 Å². The minimum atomic E-state index is 1.20. The van der Waals surface area contributed by atoms with Gasteiger partial charge in [-0.25, -0.2) is 0 Å². The van der Waals surface area contributed by atoms with E-state index in [1.807, 2.05) is 26.0 Å². The zero-order valence-corrected chi connectivity index (χ0v) is 18.8. The van der Waals surface area contributed by atoms with Gasteiger partial charge in [-0.2, -0.15) is 0 Å². The second kappa shape index (κ2) is 9.06. The Hall–Kier alpha value is -3.58. The molecule has 0 aliphatic heterocycles. The zero-order chi connectivity index (χ0) is 21.8. The number of aromatic nitrogens is 1. The average Bonchev–Trinajstić information content (AvgIpc) is 3.15. The van der Waals surface area contributed by atoms with Crippen LogP contribution in [0.5, 0.6) is 0 Å². The fourth-order valence-corrected chi connectivity index (χ4v) is 3.93. The van der Waals surface area contributed by atoms with Gasteiger partial charge in [0.2, 0.25) is 0 Å². The Morgan fingerprint density at radius 3 is 1.87 bits per heavy atom. The first-order chi connectivity index (χ1) is 15.1. The van der Waals surface area contributed by atoms with Crippen LogP contribution in [0, 0.1) is 13.8 Å². The van der Waals surface area contributed by atoms with Crippen molar-refractivity contribution in [3.8, 4) is 16.8 Å². The normalized spacial score (nSPS) is 11.1. The predicted molar refractivity (Wildman–Crippen MR) is 136 cm³/mol. The lowest BCUT2D eigenvalue weighted by Crippen LogP contribution is -1.92. The Morgan fingerprint density at radius 2 is 1.16 bits per heavy atom. The molecule has 0 N–H and O–H groups in total. The maximum atomic E-state index is 2.36. The Balaban J connectivity index is 0.000000535. The molecule has 0 saturated carbocycles. The molecule has 0 aliphatic rings. The second-order valence-corrected chi connectivity index (χ2v) is 7.89. The number of allylic oxidation sites excluding steroid dienone is 2. The summed E-state index contributed by atoms with van der Waals surface area (Å²) in [5, 5.41) is 2.59. The number of fused-ring (bicyclic) bond motifs is 3. The number of benzene rings is 4. The molecule has 0 radical (unpaired) electrons. The van der Waals surface area contributed by atoms with Gasteiger partial charge in [-0.3, -0.25) is 0 Å². The minimum absolute atomic E-state index is 1.20. The molecule has 1 heteroatoms. The summed E-state index contributed by atoms with van der Waals surface area (Å²) in [7, 11) is 0. The molecule has 0 atom stereocenters. The summed E-state index contributed by atoms with van der Waals surface area (Å²) in [6.07, 6.45) is 4.00. The van der Waals surface area contributed by atoms with Gasteiger partial charge < -0.3 is 4.57 Å². The van der Waals surface area contributed by atoms with Crippen molar-refractivity contribution < 1.29 is 0 Å². The molecule has 5 rings (SSSR count). The van der Waals surface area contributed by atoms with Crippen molar-refractivity contribution in [2.75, 3.05) is 0 Å². The first kappa shape index (κ1) is 20.7. The number of nitrogens with zero attached hydrogens (tertiary/aromatic N) is 1. The van der Waals surface area contributed by atoms with Crippen molar-refractivity contribution in [3.63, 3.8) is 0 Å². The van der Waals surface area contributed by atoms with Crippen molar-refractivity contribution >= 4 is 21.8 Å². The lowest BCUT2D eigenvalue weighted by atomic mass is 9.99. The topological polar surface area (TPSA) is 4.93 Å². The highest BCUT2D eigenvalue weighted by atomic mass is 15.0. The molecule has 1 heterocycles. The fourth-order valence-electron chi connectivity index (χ4n) is 3.93. The lowest BCUT2D eigenvalue weighted by molar-refractivity contribution is 1.18. The van der Waals surface area contributed by atoms with Crippen LogP contribution in [-0.4, -0.2) is 4.57 Å². The maximum absolute atomic E-state index is 2.36. The quantitative estimate of drug-likeness (QED) is 0.260. The molecule has 4 aromatic carbocycles. The lowest BCUT2D eigenvalue weighted by Gasteiger charge is -2.09. The fraction of sp³-hybridized carbons (Fsp3) is 0.133. The van der Waals surface area contributed by atoms with Gasteiger partial charge in [-0.15, -0.1) is 0 Å². The van der Waals surface area contributed by atoms with E-state index in [9.17, 15) is 0 Å². The van der Waals surface area contributed by atoms with Gasteiger partial charge in [0.05, 0.1) is 11.0 Å². The number of hydrogen-bond donors (Lipinski definition) is 0. The summed E-state index contributed by atoms with van der Waals surface area (Å²) in [5.41, 5.74) is 8.89. The highest BCUT2D eigenvalue weighted by molar-refractivity contribution is 6.10. The molecule has 5 aromatic rings. The van der Waals surface area contributed by atoms with Gasteiger partial charge in [0, 0.05) is 16.5 Å². The summed E-state index contributed by atoms with van der Waals surface area (Å²) in [6, 6.07) is 32.8.